The zero-order valence-electron chi connectivity index (χ0n) is 15.9. The molecule has 1 aliphatic heterocycles. The van der Waals surface area contributed by atoms with Crippen LogP contribution in [0.5, 0.6) is 5.75 Å². The maximum atomic E-state index is 14.1. The number of alkyl halides is 1. The highest BCUT2D eigenvalue weighted by Gasteiger charge is 2.20. The predicted molar refractivity (Wildman–Crippen MR) is 111 cm³/mol. The molecule has 0 saturated heterocycles. The molecule has 0 saturated carbocycles. The number of nitrogens with one attached hydrogen (secondary N) is 3. The fourth-order valence-electron chi connectivity index (χ4n) is 2.98. The molecule has 1 aromatic carbocycles. The van der Waals surface area contributed by atoms with Gasteiger partial charge in [0.1, 0.15) is 17.1 Å². The van der Waals surface area contributed by atoms with Crippen molar-refractivity contribution < 1.29 is 23.5 Å². The van der Waals surface area contributed by atoms with Gasteiger partial charge in [-0.05, 0) is 17.7 Å². The summed E-state index contributed by atoms with van der Waals surface area (Å²) in [5.74, 6) is -1.60. The number of benzene rings is 1. The van der Waals surface area contributed by atoms with E-state index >= 15 is 0 Å². The molecule has 2 aromatic heterocycles. The minimum Gasteiger partial charge on any atom is -0.482 e. The zero-order chi connectivity index (χ0) is 22.0. The fraction of sp³-hybridized carbons (Fsp3) is 0.211. The number of fused-ring (bicyclic) bond motifs is 2. The summed E-state index contributed by atoms with van der Waals surface area (Å²) >= 11 is 3.21. The number of amides is 3. The molecule has 10 nitrogen and oxygen atoms in total. The molecule has 3 heterocycles. The number of hydrogen-bond acceptors (Lipinski definition) is 6. The van der Waals surface area contributed by atoms with Gasteiger partial charge in [-0.1, -0.05) is 22.0 Å². The van der Waals surface area contributed by atoms with E-state index in [4.69, 9.17) is 4.74 Å². The van der Waals surface area contributed by atoms with Crippen LogP contribution in [0.3, 0.4) is 0 Å². The van der Waals surface area contributed by atoms with Gasteiger partial charge >= 0.3 is 0 Å². The van der Waals surface area contributed by atoms with Gasteiger partial charge in [0.25, 0.3) is 17.7 Å². The lowest BCUT2D eigenvalue weighted by Crippen LogP contribution is -2.29. The van der Waals surface area contributed by atoms with E-state index in [1.807, 2.05) is 0 Å². The Balaban J connectivity index is 1.55. The summed E-state index contributed by atoms with van der Waals surface area (Å²) in [4.78, 5) is 40.6. The molecule has 0 aliphatic carbocycles. The lowest BCUT2D eigenvalue weighted by molar-refractivity contribution is -0.118. The number of nitrogens with zero attached hydrogens (tertiary/aromatic N) is 3. The van der Waals surface area contributed by atoms with E-state index in [0.717, 1.165) is 10.7 Å². The predicted octanol–water partition coefficient (Wildman–Crippen LogP) is 1.25. The first-order chi connectivity index (χ1) is 15.0. The fourth-order valence-corrected chi connectivity index (χ4v) is 3.18. The number of carbonyl (C=O) groups excluding carboxylic acids is 3. The van der Waals surface area contributed by atoms with Gasteiger partial charge in [0.2, 0.25) is 0 Å². The first kappa shape index (κ1) is 20.7. The molecule has 1 aliphatic rings. The van der Waals surface area contributed by atoms with Crippen molar-refractivity contribution in [2.24, 2.45) is 0 Å². The molecule has 0 radical (unpaired) electrons. The van der Waals surface area contributed by atoms with Gasteiger partial charge in [0, 0.05) is 24.5 Å². The minimum atomic E-state index is -0.755. The second-order valence-corrected chi connectivity index (χ2v) is 7.34. The third kappa shape index (κ3) is 4.33. The molecule has 12 heteroatoms. The molecular weight excluding hydrogens is 475 g/mol. The highest BCUT2D eigenvalue weighted by Crippen LogP contribution is 2.28. The molecule has 3 N–H and O–H groups in total. The lowest BCUT2D eigenvalue weighted by atomic mass is 10.1. The third-order valence-electron chi connectivity index (χ3n) is 4.40. The number of ether oxygens (including phenoxy) is 1. The third-order valence-corrected chi connectivity index (χ3v) is 4.80. The van der Waals surface area contributed by atoms with Crippen molar-refractivity contribution >= 4 is 45.0 Å². The van der Waals surface area contributed by atoms with E-state index < -0.39 is 17.6 Å². The molecular formula is C19H16BrFN6O4. The van der Waals surface area contributed by atoms with Crippen LogP contribution in [0.4, 0.5) is 10.1 Å². The minimum absolute atomic E-state index is 0.0198. The van der Waals surface area contributed by atoms with Crippen LogP contribution >= 0.6 is 15.9 Å². The Morgan fingerprint density at radius 3 is 2.90 bits per heavy atom. The quantitative estimate of drug-likeness (QED) is 0.446. The van der Waals surface area contributed by atoms with Crippen molar-refractivity contribution in [2.75, 3.05) is 23.8 Å². The molecule has 0 atom stereocenters. The van der Waals surface area contributed by atoms with Crippen molar-refractivity contribution in [2.45, 2.75) is 6.54 Å². The zero-order valence-corrected chi connectivity index (χ0v) is 17.5. The lowest BCUT2D eigenvalue weighted by Gasteiger charge is -2.18. The van der Waals surface area contributed by atoms with Gasteiger partial charge < -0.3 is 20.7 Å². The van der Waals surface area contributed by atoms with Gasteiger partial charge in [0.05, 0.1) is 11.9 Å². The smallest absolute Gasteiger partial charge is 0.270 e. The SMILES string of the molecule is O=C1COc2ccc(CNC(=O)c3cc(C(=O)NCCBr)n4ncc(F)c4n3)cc2N1. The monoisotopic (exact) mass is 490 g/mol. The highest BCUT2D eigenvalue weighted by atomic mass is 79.9. The summed E-state index contributed by atoms with van der Waals surface area (Å²) in [5, 5.41) is 12.3. The number of halogens is 2. The standard InChI is InChI=1S/C19H16BrFN6O4/c20-3-4-22-19(30)14-6-13(26-17-11(21)8-24-27(14)17)18(29)23-7-10-1-2-15-12(5-10)25-16(28)9-31-15/h1-2,5-6,8H,3-4,7,9H2,(H,22,30)(H,23,29)(H,25,28). The molecule has 0 fully saturated rings. The first-order valence-electron chi connectivity index (χ1n) is 9.18. The Hall–Kier alpha value is -3.54. The maximum absolute atomic E-state index is 14.1. The van der Waals surface area contributed by atoms with Crippen LogP contribution in [0.15, 0.2) is 30.5 Å². The summed E-state index contributed by atoms with van der Waals surface area (Å²) in [6, 6.07) is 6.36. The van der Waals surface area contributed by atoms with Gasteiger partial charge in [-0.2, -0.15) is 5.10 Å². The van der Waals surface area contributed by atoms with Gasteiger partial charge in [-0.15, -0.1) is 0 Å². The van der Waals surface area contributed by atoms with Crippen LogP contribution in [0.2, 0.25) is 0 Å². The Labute approximate surface area is 183 Å². The Kier molecular flexibility index (Phi) is 5.80. The summed E-state index contributed by atoms with van der Waals surface area (Å²) in [5.41, 5.74) is 0.823. The van der Waals surface area contributed by atoms with E-state index in [0.29, 0.717) is 28.9 Å². The average Bonchev–Trinajstić information content (AvgIpc) is 3.15. The van der Waals surface area contributed by atoms with Crippen LogP contribution in [0, 0.1) is 5.82 Å². The highest BCUT2D eigenvalue weighted by molar-refractivity contribution is 9.09. The van der Waals surface area contributed by atoms with Crippen LogP contribution in [-0.2, 0) is 11.3 Å². The summed E-state index contributed by atoms with van der Waals surface area (Å²) in [6.07, 6.45) is 0.925. The number of hydrogen-bond donors (Lipinski definition) is 3. The summed E-state index contributed by atoms with van der Waals surface area (Å²) in [6.45, 7) is 0.405. The van der Waals surface area contributed by atoms with E-state index in [-0.39, 0.29) is 36.1 Å². The van der Waals surface area contributed by atoms with Gasteiger partial charge in [0.15, 0.2) is 18.1 Å². The first-order valence-corrected chi connectivity index (χ1v) is 10.3. The topological polar surface area (TPSA) is 127 Å². The van der Waals surface area contributed by atoms with Crippen molar-refractivity contribution in [3.63, 3.8) is 0 Å². The Bertz CT molecular complexity index is 1200. The number of rotatable bonds is 6. The molecule has 3 aromatic rings. The van der Waals surface area contributed by atoms with E-state index in [1.165, 1.54) is 6.07 Å². The Morgan fingerprint density at radius 2 is 2.10 bits per heavy atom. The van der Waals surface area contributed by atoms with Gasteiger partial charge in [-0.25, -0.2) is 13.9 Å². The second-order valence-electron chi connectivity index (χ2n) is 6.55. The van der Waals surface area contributed by atoms with Crippen molar-refractivity contribution in [1.82, 2.24) is 25.2 Å². The van der Waals surface area contributed by atoms with Crippen molar-refractivity contribution in [3.8, 4) is 5.75 Å². The number of anilines is 1. The van der Waals surface area contributed by atoms with Crippen LogP contribution < -0.4 is 20.7 Å². The molecule has 0 unspecified atom stereocenters. The average molecular weight is 491 g/mol. The molecule has 160 valence electrons. The Morgan fingerprint density at radius 1 is 1.26 bits per heavy atom. The molecule has 3 amide bonds. The molecule has 0 bridgehead atoms. The normalized spacial score (nSPS) is 12.6. The van der Waals surface area contributed by atoms with Crippen molar-refractivity contribution in [3.05, 3.63) is 53.2 Å². The van der Waals surface area contributed by atoms with Crippen molar-refractivity contribution in [1.29, 1.82) is 0 Å². The largest absolute Gasteiger partial charge is 0.482 e. The van der Waals surface area contributed by atoms with Crippen LogP contribution in [-0.4, -0.2) is 50.8 Å². The molecule has 31 heavy (non-hydrogen) atoms. The summed E-state index contributed by atoms with van der Waals surface area (Å²) in [7, 11) is 0. The van der Waals surface area contributed by atoms with Crippen LogP contribution in [0.1, 0.15) is 26.5 Å². The van der Waals surface area contributed by atoms with E-state index in [1.54, 1.807) is 18.2 Å². The van der Waals surface area contributed by atoms with E-state index in [9.17, 15) is 18.8 Å². The second kappa shape index (κ2) is 8.68. The summed E-state index contributed by atoms with van der Waals surface area (Å²) < 4.78 is 20.4. The van der Waals surface area contributed by atoms with Crippen LogP contribution in [0.25, 0.3) is 5.65 Å². The number of aromatic nitrogens is 3. The van der Waals surface area contributed by atoms with Gasteiger partial charge in [-0.3, -0.25) is 14.4 Å². The maximum Gasteiger partial charge on any atom is 0.270 e. The van der Waals surface area contributed by atoms with E-state index in [2.05, 4.69) is 42.0 Å². The molecule has 4 rings (SSSR count). The number of carbonyl (C=O) groups is 3. The molecule has 0 spiro atoms.